The van der Waals surface area contributed by atoms with Gasteiger partial charge in [-0.15, -0.1) is 49.6 Å². The molecule has 0 bridgehead atoms. The quantitative estimate of drug-likeness (QED) is 0.651. The van der Waals surface area contributed by atoms with Crippen LogP contribution in [-0.2, 0) is 26.2 Å². The van der Waals surface area contributed by atoms with Crippen LogP contribution in [0.25, 0.3) is 0 Å². The first-order valence-electron chi connectivity index (χ1n) is 1.56. The van der Waals surface area contributed by atoms with Crippen LogP contribution in [0, 0.1) is 0 Å². The standard InChI is InChI=1S/C3H8O2.Al.4ClH.Zr.3H/c1-3(5)2-4;;;;;;;;;/h3-5H,2H2,1H3;;4*1H;;;;. The third kappa shape index (κ3) is 68.1. The van der Waals surface area contributed by atoms with E-state index in [1.165, 1.54) is 6.92 Å². The van der Waals surface area contributed by atoms with Gasteiger partial charge in [-0.1, -0.05) is 0 Å². The molecule has 0 rings (SSSR count). The van der Waals surface area contributed by atoms with Gasteiger partial charge in [-0.2, -0.15) is 0 Å². The van der Waals surface area contributed by atoms with Crippen LogP contribution in [0.15, 0.2) is 0 Å². The molecule has 0 spiro atoms. The Hall–Kier alpha value is 2.50. The van der Waals surface area contributed by atoms with E-state index in [-0.39, 0.29) is 99.8 Å². The molecule has 0 aliphatic heterocycles. The number of halogens is 4. The summed E-state index contributed by atoms with van der Waals surface area (Å²) < 4.78 is 0. The zero-order valence-electron chi connectivity index (χ0n) is 5.31. The topological polar surface area (TPSA) is 40.5 Å². The zero-order valence-corrected chi connectivity index (χ0v) is 11.0. The summed E-state index contributed by atoms with van der Waals surface area (Å²) in [6, 6.07) is 0. The van der Waals surface area contributed by atoms with E-state index in [1.54, 1.807) is 0 Å². The predicted molar refractivity (Wildman–Crippen MR) is 57.7 cm³/mol. The molecule has 0 amide bonds. The Morgan fingerprint density at radius 1 is 1.09 bits per heavy atom. The molecule has 0 saturated heterocycles. The fourth-order valence-corrected chi connectivity index (χ4v) is 0. The van der Waals surface area contributed by atoms with Gasteiger partial charge in [0.1, 0.15) is 0 Å². The first-order valence-corrected chi connectivity index (χ1v) is 1.56. The average Bonchev–Trinajstić information content (AvgIpc) is 1.38. The van der Waals surface area contributed by atoms with E-state index in [0.717, 1.165) is 0 Å². The molecular weight excluding hydrogens is 328 g/mol. The maximum absolute atomic E-state index is 8.11. The fraction of sp³-hybridized carbons (Fsp3) is 1.00. The fourth-order valence-electron chi connectivity index (χ4n) is 0. The second-order valence-electron chi connectivity index (χ2n) is 1.03. The van der Waals surface area contributed by atoms with Crippen molar-refractivity contribution in [1.29, 1.82) is 0 Å². The van der Waals surface area contributed by atoms with E-state index in [9.17, 15) is 0 Å². The summed E-state index contributed by atoms with van der Waals surface area (Å²) in [4.78, 5) is 0. The third-order valence-electron chi connectivity index (χ3n) is 0.264. The maximum atomic E-state index is 8.11. The summed E-state index contributed by atoms with van der Waals surface area (Å²) in [5.41, 5.74) is 0. The largest absolute Gasteiger partial charge is 0.394 e. The van der Waals surface area contributed by atoms with Crippen LogP contribution in [-0.4, -0.2) is 40.3 Å². The van der Waals surface area contributed by atoms with Crippen molar-refractivity contribution in [2.45, 2.75) is 13.0 Å². The molecule has 0 radical (unpaired) electrons. The molecule has 8 heteroatoms. The molecule has 0 aliphatic carbocycles. The van der Waals surface area contributed by atoms with E-state index >= 15 is 0 Å². The van der Waals surface area contributed by atoms with Gasteiger partial charge in [0.2, 0.25) is 0 Å². The van der Waals surface area contributed by atoms with Gasteiger partial charge in [0.15, 0.2) is 17.4 Å². The first-order chi connectivity index (χ1) is 2.27. The Labute approximate surface area is 122 Å². The van der Waals surface area contributed by atoms with Crippen LogP contribution in [0.2, 0.25) is 0 Å². The van der Waals surface area contributed by atoms with Gasteiger partial charge < -0.3 is 10.2 Å². The van der Waals surface area contributed by atoms with Crippen molar-refractivity contribution in [1.82, 2.24) is 0 Å². The molecule has 1 unspecified atom stereocenters. The van der Waals surface area contributed by atoms with Gasteiger partial charge in [-0.25, -0.2) is 0 Å². The molecule has 11 heavy (non-hydrogen) atoms. The van der Waals surface area contributed by atoms with Crippen LogP contribution in [0.1, 0.15) is 6.92 Å². The minimum Gasteiger partial charge on any atom is -0.394 e. The third-order valence-corrected chi connectivity index (χ3v) is 0.264. The van der Waals surface area contributed by atoms with Crippen LogP contribution >= 0.6 is 49.6 Å². The molecule has 0 aromatic heterocycles. The first kappa shape index (κ1) is 49.9. The van der Waals surface area contributed by atoms with Crippen molar-refractivity contribution >= 4 is 67.0 Å². The van der Waals surface area contributed by atoms with Gasteiger partial charge in [0.05, 0.1) is 12.7 Å². The minimum absolute atomic E-state index is 0. The Kier molecular flexibility index (Phi) is 178. The van der Waals surface area contributed by atoms with Crippen molar-refractivity contribution in [3.63, 3.8) is 0 Å². The summed E-state index contributed by atoms with van der Waals surface area (Å²) in [6.45, 7) is 1.39. The number of hydrogen-bond donors (Lipinski definition) is 2. The molecule has 74 valence electrons. The van der Waals surface area contributed by atoms with Gasteiger partial charge in [-0.3, -0.25) is 0 Å². The molecule has 1 atom stereocenters. The van der Waals surface area contributed by atoms with E-state index in [1.807, 2.05) is 0 Å². The zero-order chi connectivity index (χ0) is 4.28. The Balaban J connectivity index is -0.00000000533. The normalized spacial score (nSPS) is 6.82. The maximum Gasteiger partial charge on any atom is 0.187 e. The van der Waals surface area contributed by atoms with E-state index in [2.05, 4.69) is 0 Å². The van der Waals surface area contributed by atoms with Crippen molar-refractivity contribution in [2.24, 2.45) is 0 Å². The van der Waals surface area contributed by atoms with E-state index < -0.39 is 6.10 Å². The molecule has 0 saturated carbocycles. The summed E-state index contributed by atoms with van der Waals surface area (Å²) >= 11 is 0. The predicted octanol–water partition coefficient (Wildman–Crippen LogP) is -0.140. The summed E-state index contributed by atoms with van der Waals surface area (Å²) in [6.07, 6.45) is -0.560. The van der Waals surface area contributed by atoms with Crippen LogP contribution in [0.3, 0.4) is 0 Å². The van der Waals surface area contributed by atoms with Crippen molar-refractivity contribution < 1.29 is 36.4 Å². The molecular formula is C3H15AlCl4O2Zr. The second-order valence-corrected chi connectivity index (χ2v) is 1.03. The Bertz CT molecular complexity index is 37.3. The average molecular weight is 343 g/mol. The minimum atomic E-state index is -0.560. The summed E-state index contributed by atoms with van der Waals surface area (Å²) in [5, 5.41) is 16.0. The van der Waals surface area contributed by atoms with Gasteiger partial charge in [0.25, 0.3) is 0 Å². The molecule has 0 heterocycles. The smallest absolute Gasteiger partial charge is 0.187 e. The molecule has 0 fully saturated rings. The van der Waals surface area contributed by atoms with E-state index in [0.29, 0.717) is 0 Å². The second kappa shape index (κ2) is 39.1. The molecule has 0 aromatic carbocycles. The van der Waals surface area contributed by atoms with Crippen LogP contribution < -0.4 is 0 Å². The SMILES string of the molecule is CC(O)CO.Cl.Cl.Cl.Cl.[AlH3].[Zr]. The monoisotopic (exact) mass is 340 g/mol. The Morgan fingerprint density at radius 3 is 1.18 bits per heavy atom. The number of rotatable bonds is 1. The van der Waals surface area contributed by atoms with Gasteiger partial charge in [0, 0.05) is 26.2 Å². The van der Waals surface area contributed by atoms with Crippen molar-refractivity contribution in [3.8, 4) is 0 Å². The van der Waals surface area contributed by atoms with Crippen LogP contribution in [0.5, 0.6) is 0 Å². The van der Waals surface area contributed by atoms with Crippen molar-refractivity contribution in [3.05, 3.63) is 0 Å². The molecule has 2 nitrogen and oxygen atoms in total. The van der Waals surface area contributed by atoms with Crippen LogP contribution in [0.4, 0.5) is 0 Å². The number of aliphatic hydroxyl groups is 2. The molecule has 0 aliphatic rings. The number of hydrogen-bond acceptors (Lipinski definition) is 2. The number of aliphatic hydroxyl groups excluding tert-OH is 2. The molecule has 0 aromatic rings. The van der Waals surface area contributed by atoms with Gasteiger partial charge >= 0.3 is 0 Å². The molecule has 2 N–H and O–H groups in total. The Morgan fingerprint density at radius 2 is 1.18 bits per heavy atom. The van der Waals surface area contributed by atoms with E-state index in [4.69, 9.17) is 10.2 Å². The van der Waals surface area contributed by atoms with Crippen molar-refractivity contribution in [2.75, 3.05) is 6.61 Å². The van der Waals surface area contributed by atoms with Gasteiger partial charge in [-0.05, 0) is 6.92 Å². The summed E-state index contributed by atoms with van der Waals surface area (Å²) in [7, 11) is 0. The summed E-state index contributed by atoms with van der Waals surface area (Å²) in [5.74, 6) is 0.